The van der Waals surface area contributed by atoms with Crippen LogP contribution in [0.15, 0.2) is 24.3 Å². The van der Waals surface area contributed by atoms with Gasteiger partial charge < -0.3 is 9.84 Å². The molecule has 0 saturated heterocycles. The van der Waals surface area contributed by atoms with Gasteiger partial charge in [-0.2, -0.15) is 10.4 Å². The standard InChI is InChI=1S/C14H13N3O3/c1-9-12(8-15)14(17(2)16-9)20-11-5-3-4-10(6-11)7-13(18)19/h3-6H,7H2,1-2H3,(H,18,19). The van der Waals surface area contributed by atoms with Crippen LogP contribution in [0.4, 0.5) is 0 Å². The quantitative estimate of drug-likeness (QED) is 0.919. The van der Waals surface area contributed by atoms with E-state index in [0.717, 1.165) is 0 Å². The number of nitriles is 1. The van der Waals surface area contributed by atoms with E-state index in [4.69, 9.17) is 15.1 Å². The zero-order chi connectivity index (χ0) is 14.7. The molecule has 0 spiro atoms. The Hall–Kier alpha value is -2.81. The Kier molecular flexibility index (Phi) is 3.71. The summed E-state index contributed by atoms with van der Waals surface area (Å²) in [6.45, 7) is 1.73. The van der Waals surface area contributed by atoms with E-state index in [9.17, 15) is 4.79 Å². The van der Waals surface area contributed by atoms with E-state index in [1.165, 1.54) is 4.68 Å². The molecule has 0 saturated carbocycles. The van der Waals surface area contributed by atoms with Crippen molar-refractivity contribution in [2.75, 3.05) is 0 Å². The van der Waals surface area contributed by atoms with E-state index in [0.29, 0.717) is 28.5 Å². The molecular weight excluding hydrogens is 258 g/mol. The largest absolute Gasteiger partial charge is 0.481 e. The van der Waals surface area contributed by atoms with E-state index in [2.05, 4.69) is 5.10 Å². The van der Waals surface area contributed by atoms with Crippen LogP contribution in [0.5, 0.6) is 11.6 Å². The number of carboxylic acid groups (broad SMARTS) is 1. The lowest BCUT2D eigenvalue weighted by molar-refractivity contribution is -0.136. The van der Waals surface area contributed by atoms with Crippen molar-refractivity contribution in [3.63, 3.8) is 0 Å². The first-order valence-electron chi connectivity index (χ1n) is 5.93. The minimum absolute atomic E-state index is 0.0767. The van der Waals surface area contributed by atoms with Crippen LogP contribution in [0.3, 0.4) is 0 Å². The summed E-state index contributed by atoms with van der Waals surface area (Å²) in [4.78, 5) is 10.7. The van der Waals surface area contributed by atoms with Crippen molar-refractivity contribution in [3.8, 4) is 17.7 Å². The molecule has 1 aromatic heterocycles. The van der Waals surface area contributed by atoms with Crippen LogP contribution >= 0.6 is 0 Å². The molecule has 6 heteroatoms. The van der Waals surface area contributed by atoms with Gasteiger partial charge in [-0.3, -0.25) is 4.79 Å². The Bertz CT molecular complexity index is 698. The molecule has 0 aliphatic carbocycles. The van der Waals surface area contributed by atoms with Gasteiger partial charge >= 0.3 is 5.97 Å². The first-order valence-corrected chi connectivity index (χ1v) is 5.93. The van der Waals surface area contributed by atoms with Crippen molar-refractivity contribution in [2.45, 2.75) is 13.3 Å². The molecule has 102 valence electrons. The summed E-state index contributed by atoms with van der Waals surface area (Å²) in [7, 11) is 1.68. The maximum atomic E-state index is 10.7. The molecule has 0 radical (unpaired) electrons. The summed E-state index contributed by atoms with van der Waals surface area (Å²) in [6, 6.07) is 8.81. The van der Waals surface area contributed by atoms with Crippen LogP contribution in [0.25, 0.3) is 0 Å². The molecule has 0 atom stereocenters. The average Bonchev–Trinajstić information content (AvgIpc) is 2.63. The number of hydrogen-bond acceptors (Lipinski definition) is 4. The van der Waals surface area contributed by atoms with E-state index in [1.807, 2.05) is 6.07 Å². The first kappa shape index (κ1) is 13.6. The molecular formula is C14H13N3O3. The van der Waals surface area contributed by atoms with Gasteiger partial charge in [-0.05, 0) is 24.6 Å². The predicted molar refractivity (Wildman–Crippen MR) is 70.5 cm³/mol. The zero-order valence-corrected chi connectivity index (χ0v) is 11.1. The zero-order valence-electron chi connectivity index (χ0n) is 11.1. The summed E-state index contributed by atoms with van der Waals surface area (Å²) in [6.07, 6.45) is -0.0767. The molecule has 2 aromatic rings. The van der Waals surface area contributed by atoms with Crippen molar-refractivity contribution < 1.29 is 14.6 Å². The molecule has 0 bridgehead atoms. The molecule has 1 aromatic carbocycles. The highest BCUT2D eigenvalue weighted by molar-refractivity contribution is 5.70. The molecule has 0 aliphatic rings. The van der Waals surface area contributed by atoms with Gasteiger partial charge in [0.2, 0.25) is 5.88 Å². The molecule has 0 aliphatic heterocycles. The number of carboxylic acids is 1. The number of benzene rings is 1. The fraction of sp³-hybridized carbons (Fsp3) is 0.214. The lowest BCUT2D eigenvalue weighted by Crippen LogP contribution is -2.00. The van der Waals surface area contributed by atoms with Gasteiger partial charge in [0.05, 0.1) is 12.1 Å². The summed E-state index contributed by atoms with van der Waals surface area (Å²) in [5.74, 6) is -0.0861. The number of hydrogen-bond donors (Lipinski definition) is 1. The van der Waals surface area contributed by atoms with Crippen molar-refractivity contribution >= 4 is 5.97 Å². The third kappa shape index (κ3) is 2.78. The smallest absolute Gasteiger partial charge is 0.307 e. The summed E-state index contributed by atoms with van der Waals surface area (Å²) in [5.41, 5.74) is 1.59. The Morgan fingerprint density at radius 1 is 1.55 bits per heavy atom. The summed E-state index contributed by atoms with van der Waals surface area (Å²) in [5, 5.41) is 22.0. The summed E-state index contributed by atoms with van der Waals surface area (Å²) >= 11 is 0. The van der Waals surface area contributed by atoms with E-state index >= 15 is 0 Å². The van der Waals surface area contributed by atoms with E-state index < -0.39 is 5.97 Å². The number of aryl methyl sites for hydroxylation is 2. The van der Waals surface area contributed by atoms with Crippen LogP contribution in [0.2, 0.25) is 0 Å². The molecule has 0 fully saturated rings. The third-order valence-electron chi connectivity index (χ3n) is 2.75. The lowest BCUT2D eigenvalue weighted by atomic mass is 10.1. The van der Waals surface area contributed by atoms with Crippen molar-refractivity contribution in [3.05, 3.63) is 41.1 Å². The van der Waals surface area contributed by atoms with Crippen LogP contribution < -0.4 is 4.74 Å². The van der Waals surface area contributed by atoms with Crippen molar-refractivity contribution in [1.82, 2.24) is 9.78 Å². The predicted octanol–water partition coefficient (Wildman–Crippen LogP) is 2.02. The van der Waals surface area contributed by atoms with Crippen LogP contribution in [-0.4, -0.2) is 20.9 Å². The Labute approximate surface area is 115 Å². The fourth-order valence-electron chi connectivity index (χ4n) is 1.89. The van der Waals surface area contributed by atoms with Crippen molar-refractivity contribution in [1.29, 1.82) is 5.26 Å². The van der Waals surface area contributed by atoms with Gasteiger partial charge in [-0.25, -0.2) is 4.68 Å². The third-order valence-corrected chi connectivity index (χ3v) is 2.75. The summed E-state index contributed by atoms with van der Waals surface area (Å²) < 4.78 is 7.14. The van der Waals surface area contributed by atoms with Gasteiger partial charge in [0, 0.05) is 7.05 Å². The highest BCUT2D eigenvalue weighted by atomic mass is 16.5. The van der Waals surface area contributed by atoms with E-state index in [1.54, 1.807) is 38.2 Å². The monoisotopic (exact) mass is 271 g/mol. The molecule has 1 heterocycles. The Morgan fingerprint density at radius 3 is 2.95 bits per heavy atom. The van der Waals surface area contributed by atoms with E-state index in [-0.39, 0.29) is 6.42 Å². The molecule has 0 amide bonds. The maximum Gasteiger partial charge on any atom is 0.307 e. The van der Waals surface area contributed by atoms with Gasteiger partial charge in [-0.1, -0.05) is 12.1 Å². The number of aliphatic carboxylic acids is 1. The lowest BCUT2D eigenvalue weighted by Gasteiger charge is -2.07. The van der Waals surface area contributed by atoms with Gasteiger partial charge in [0.1, 0.15) is 17.4 Å². The number of rotatable bonds is 4. The Morgan fingerprint density at radius 2 is 2.30 bits per heavy atom. The second-order valence-corrected chi connectivity index (χ2v) is 4.32. The maximum absolute atomic E-state index is 10.7. The molecule has 2 rings (SSSR count). The SMILES string of the molecule is Cc1nn(C)c(Oc2cccc(CC(=O)O)c2)c1C#N. The minimum atomic E-state index is -0.906. The normalized spacial score (nSPS) is 10.1. The average molecular weight is 271 g/mol. The molecule has 1 N–H and O–H groups in total. The second kappa shape index (κ2) is 5.45. The number of ether oxygens (including phenoxy) is 1. The van der Waals surface area contributed by atoms with Gasteiger partial charge in [0.15, 0.2) is 0 Å². The van der Waals surface area contributed by atoms with Crippen LogP contribution in [-0.2, 0) is 18.3 Å². The number of nitrogens with zero attached hydrogens (tertiary/aromatic N) is 3. The van der Waals surface area contributed by atoms with Gasteiger partial charge in [-0.15, -0.1) is 0 Å². The highest BCUT2D eigenvalue weighted by Crippen LogP contribution is 2.27. The first-order chi connectivity index (χ1) is 9.51. The minimum Gasteiger partial charge on any atom is -0.481 e. The van der Waals surface area contributed by atoms with Gasteiger partial charge in [0.25, 0.3) is 0 Å². The molecule has 0 unspecified atom stereocenters. The van der Waals surface area contributed by atoms with Crippen LogP contribution in [0, 0.1) is 18.3 Å². The Balaban J connectivity index is 2.31. The fourth-order valence-corrected chi connectivity index (χ4v) is 1.89. The number of aromatic nitrogens is 2. The second-order valence-electron chi connectivity index (χ2n) is 4.32. The molecule has 6 nitrogen and oxygen atoms in total. The molecule has 20 heavy (non-hydrogen) atoms. The topological polar surface area (TPSA) is 88.1 Å². The highest BCUT2D eigenvalue weighted by Gasteiger charge is 2.15. The number of carbonyl (C=O) groups is 1. The van der Waals surface area contributed by atoms with Crippen LogP contribution in [0.1, 0.15) is 16.8 Å². The van der Waals surface area contributed by atoms with Crippen molar-refractivity contribution in [2.24, 2.45) is 7.05 Å².